The highest BCUT2D eigenvalue weighted by molar-refractivity contribution is 5.92. The van der Waals surface area contributed by atoms with Crippen LogP contribution in [0.25, 0.3) is 0 Å². The molecule has 0 spiro atoms. The van der Waals surface area contributed by atoms with Gasteiger partial charge in [0, 0.05) is 12.7 Å². The van der Waals surface area contributed by atoms with Gasteiger partial charge in [0.2, 0.25) is 5.90 Å². The highest BCUT2D eigenvalue weighted by Crippen LogP contribution is 2.12. The summed E-state index contributed by atoms with van der Waals surface area (Å²) in [4.78, 5) is 0. The summed E-state index contributed by atoms with van der Waals surface area (Å²) >= 11 is 0. The van der Waals surface area contributed by atoms with Crippen LogP contribution in [0.5, 0.6) is 0 Å². The largest absolute Gasteiger partial charge is 0.478 e. The van der Waals surface area contributed by atoms with Gasteiger partial charge in [-0.15, -0.1) is 0 Å². The third-order valence-electron chi connectivity index (χ3n) is 2.10. The molecule has 4 nitrogen and oxygen atoms in total. The number of aliphatic hydroxyl groups excluding tert-OH is 1. The zero-order chi connectivity index (χ0) is 12.0. The molecule has 0 saturated heterocycles. The molecule has 0 bridgehead atoms. The molecule has 0 amide bonds. The molecule has 88 valence electrons. The van der Waals surface area contributed by atoms with E-state index in [0.717, 1.165) is 11.1 Å². The van der Waals surface area contributed by atoms with E-state index in [2.05, 4.69) is 0 Å². The van der Waals surface area contributed by atoms with Gasteiger partial charge in [-0.3, -0.25) is 5.41 Å². The second-order valence-corrected chi connectivity index (χ2v) is 3.39. The van der Waals surface area contributed by atoms with E-state index >= 15 is 0 Å². The molecule has 0 unspecified atom stereocenters. The second kappa shape index (κ2) is 6.25. The first-order valence-electron chi connectivity index (χ1n) is 5.15. The highest BCUT2D eigenvalue weighted by atomic mass is 16.5. The fraction of sp³-hybridized carbons (Fsp3) is 0.417. The molecule has 1 aromatic rings. The average Bonchev–Trinajstić information content (AvgIpc) is 2.29. The Labute approximate surface area is 95.3 Å². The molecule has 0 fully saturated rings. The van der Waals surface area contributed by atoms with Crippen LogP contribution in [0.3, 0.4) is 0 Å². The third-order valence-corrected chi connectivity index (χ3v) is 2.10. The van der Waals surface area contributed by atoms with Gasteiger partial charge in [0.1, 0.15) is 0 Å². The molecular formula is C12H17NO3. The van der Waals surface area contributed by atoms with Crippen LogP contribution in [0.1, 0.15) is 23.6 Å². The SMILES string of the molecule is CCOC(=N)c1cc(CO)cc(COC)c1. The Morgan fingerprint density at radius 2 is 2.00 bits per heavy atom. The van der Waals surface area contributed by atoms with Crippen molar-refractivity contribution in [1.82, 2.24) is 0 Å². The fourth-order valence-corrected chi connectivity index (χ4v) is 1.46. The van der Waals surface area contributed by atoms with Crippen LogP contribution in [0.4, 0.5) is 0 Å². The molecular weight excluding hydrogens is 206 g/mol. The summed E-state index contributed by atoms with van der Waals surface area (Å²) in [5, 5.41) is 16.8. The van der Waals surface area contributed by atoms with E-state index in [1.807, 2.05) is 19.1 Å². The quantitative estimate of drug-likeness (QED) is 0.589. The molecule has 16 heavy (non-hydrogen) atoms. The first-order chi connectivity index (χ1) is 7.71. The molecule has 0 aromatic heterocycles. The van der Waals surface area contributed by atoms with Crippen LogP contribution in [0.15, 0.2) is 18.2 Å². The Balaban J connectivity index is 2.98. The summed E-state index contributed by atoms with van der Waals surface area (Å²) in [5.74, 6) is 0.121. The van der Waals surface area contributed by atoms with Crippen molar-refractivity contribution in [3.8, 4) is 0 Å². The Morgan fingerprint density at radius 1 is 1.31 bits per heavy atom. The van der Waals surface area contributed by atoms with Gasteiger partial charge in [-0.05, 0) is 30.2 Å². The minimum atomic E-state index is -0.0516. The molecule has 4 heteroatoms. The molecule has 0 atom stereocenters. The van der Waals surface area contributed by atoms with Gasteiger partial charge in [-0.1, -0.05) is 6.07 Å². The number of benzene rings is 1. The van der Waals surface area contributed by atoms with Crippen molar-refractivity contribution < 1.29 is 14.6 Å². The van der Waals surface area contributed by atoms with Crippen molar-refractivity contribution in [3.05, 3.63) is 34.9 Å². The standard InChI is InChI=1S/C12H17NO3/c1-3-16-12(13)11-5-9(7-14)4-10(6-11)8-15-2/h4-6,13-14H,3,7-8H2,1-2H3. The predicted octanol–water partition coefficient (Wildman–Crippen LogP) is 1.69. The number of hydrogen-bond acceptors (Lipinski definition) is 4. The van der Waals surface area contributed by atoms with E-state index in [4.69, 9.17) is 20.0 Å². The van der Waals surface area contributed by atoms with Crippen molar-refractivity contribution in [2.45, 2.75) is 20.1 Å². The van der Waals surface area contributed by atoms with Gasteiger partial charge in [0.15, 0.2) is 0 Å². The first-order valence-corrected chi connectivity index (χ1v) is 5.15. The van der Waals surface area contributed by atoms with Crippen LogP contribution < -0.4 is 0 Å². The summed E-state index contributed by atoms with van der Waals surface area (Å²) in [6.45, 7) is 2.70. The monoisotopic (exact) mass is 223 g/mol. The summed E-state index contributed by atoms with van der Waals surface area (Å²) in [6, 6.07) is 5.43. The number of methoxy groups -OCH3 is 1. The lowest BCUT2D eigenvalue weighted by molar-refractivity contribution is 0.184. The third kappa shape index (κ3) is 3.32. The maximum Gasteiger partial charge on any atom is 0.213 e. The molecule has 0 aliphatic rings. The second-order valence-electron chi connectivity index (χ2n) is 3.39. The Hall–Kier alpha value is -1.39. The van der Waals surface area contributed by atoms with Gasteiger partial charge in [0.05, 0.1) is 19.8 Å². The van der Waals surface area contributed by atoms with Crippen molar-refractivity contribution >= 4 is 5.90 Å². The highest BCUT2D eigenvalue weighted by Gasteiger charge is 2.06. The molecule has 0 radical (unpaired) electrons. The van der Waals surface area contributed by atoms with E-state index in [0.29, 0.717) is 18.8 Å². The van der Waals surface area contributed by atoms with Crippen LogP contribution in [0, 0.1) is 5.41 Å². The Morgan fingerprint density at radius 3 is 2.56 bits per heavy atom. The predicted molar refractivity (Wildman–Crippen MR) is 61.5 cm³/mol. The van der Waals surface area contributed by atoms with Gasteiger partial charge in [-0.25, -0.2) is 0 Å². The molecule has 2 N–H and O–H groups in total. The number of ether oxygens (including phenoxy) is 2. The van der Waals surface area contributed by atoms with Gasteiger partial charge < -0.3 is 14.6 Å². The number of rotatable bonds is 5. The van der Waals surface area contributed by atoms with Crippen molar-refractivity contribution in [2.24, 2.45) is 0 Å². The number of hydrogen-bond donors (Lipinski definition) is 2. The molecule has 1 rings (SSSR count). The molecule has 0 aliphatic carbocycles. The zero-order valence-electron chi connectivity index (χ0n) is 9.62. The maximum absolute atomic E-state index is 9.11. The maximum atomic E-state index is 9.11. The fourth-order valence-electron chi connectivity index (χ4n) is 1.46. The molecule has 0 aliphatic heterocycles. The Kier molecular flexibility index (Phi) is 4.95. The van der Waals surface area contributed by atoms with Crippen molar-refractivity contribution in [2.75, 3.05) is 13.7 Å². The van der Waals surface area contributed by atoms with Gasteiger partial charge >= 0.3 is 0 Å². The lowest BCUT2D eigenvalue weighted by Crippen LogP contribution is -2.06. The van der Waals surface area contributed by atoms with Crippen LogP contribution >= 0.6 is 0 Å². The lowest BCUT2D eigenvalue weighted by Gasteiger charge is -2.09. The van der Waals surface area contributed by atoms with Gasteiger partial charge in [0.25, 0.3) is 0 Å². The van der Waals surface area contributed by atoms with Crippen LogP contribution in [-0.2, 0) is 22.7 Å². The summed E-state index contributed by atoms with van der Waals surface area (Å²) in [7, 11) is 1.61. The van der Waals surface area contributed by atoms with Crippen molar-refractivity contribution in [1.29, 1.82) is 5.41 Å². The van der Waals surface area contributed by atoms with Crippen LogP contribution in [0.2, 0.25) is 0 Å². The van der Waals surface area contributed by atoms with Crippen LogP contribution in [-0.4, -0.2) is 24.7 Å². The van der Waals surface area contributed by atoms with Gasteiger partial charge in [-0.2, -0.15) is 0 Å². The minimum Gasteiger partial charge on any atom is -0.478 e. The van der Waals surface area contributed by atoms with E-state index in [1.54, 1.807) is 13.2 Å². The van der Waals surface area contributed by atoms with E-state index < -0.39 is 0 Å². The van der Waals surface area contributed by atoms with E-state index in [9.17, 15) is 0 Å². The van der Waals surface area contributed by atoms with E-state index in [-0.39, 0.29) is 12.5 Å². The summed E-state index contributed by atoms with van der Waals surface area (Å²) in [6.07, 6.45) is 0. The normalized spacial score (nSPS) is 10.2. The number of nitrogens with one attached hydrogen (secondary N) is 1. The van der Waals surface area contributed by atoms with E-state index in [1.165, 1.54) is 0 Å². The minimum absolute atomic E-state index is 0.0516. The first kappa shape index (κ1) is 12.7. The zero-order valence-corrected chi connectivity index (χ0v) is 9.62. The smallest absolute Gasteiger partial charge is 0.213 e. The molecule has 1 aromatic carbocycles. The lowest BCUT2D eigenvalue weighted by atomic mass is 10.1. The summed E-state index contributed by atoms with van der Waals surface area (Å²) in [5.41, 5.74) is 2.35. The number of aliphatic hydroxyl groups is 1. The molecule has 0 heterocycles. The molecule has 0 saturated carbocycles. The average molecular weight is 223 g/mol. The van der Waals surface area contributed by atoms with Crippen molar-refractivity contribution in [3.63, 3.8) is 0 Å². The summed E-state index contributed by atoms with van der Waals surface area (Å²) < 4.78 is 10.2. The Bertz CT molecular complexity index is 363. The topological polar surface area (TPSA) is 62.5 Å².